The Bertz CT molecular complexity index is 2330. The molecule has 0 bridgehead atoms. The molecule has 2 aliphatic rings. The van der Waals surface area contributed by atoms with Crippen LogP contribution in [0, 0.1) is 0 Å². The van der Waals surface area contributed by atoms with Crippen molar-refractivity contribution in [1.82, 2.24) is 18.4 Å². The van der Waals surface area contributed by atoms with Crippen LogP contribution in [0.25, 0.3) is 11.1 Å². The Morgan fingerprint density at radius 1 is 0.516 bits per heavy atom. The number of rotatable bonds is 13. The molecule has 2 aliphatic heterocycles. The molecule has 0 aromatic heterocycles. The van der Waals surface area contributed by atoms with Gasteiger partial charge in [-0.1, -0.05) is 12.1 Å². The smallest absolute Gasteiger partial charge is 0.409 e. The van der Waals surface area contributed by atoms with Crippen molar-refractivity contribution >= 4 is 55.4 Å². The summed E-state index contributed by atoms with van der Waals surface area (Å²) in [6.07, 6.45) is -0.961. The van der Waals surface area contributed by atoms with Crippen LogP contribution in [0.3, 0.4) is 0 Å². The highest BCUT2D eigenvalue weighted by Crippen LogP contribution is 2.35. The summed E-state index contributed by atoms with van der Waals surface area (Å²) in [4.78, 5) is 53.5. The molecule has 4 amide bonds. The Balaban J connectivity index is 1.07. The van der Waals surface area contributed by atoms with Gasteiger partial charge < -0.3 is 39.4 Å². The molecule has 62 heavy (non-hydrogen) atoms. The summed E-state index contributed by atoms with van der Waals surface area (Å²) < 4.78 is 77.0. The molecule has 20 heteroatoms. The molecule has 0 atom stereocenters. The van der Waals surface area contributed by atoms with Crippen LogP contribution in [-0.4, -0.2) is 139 Å². The maximum atomic E-state index is 13.3. The Labute approximate surface area is 360 Å². The highest BCUT2D eigenvalue weighted by Gasteiger charge is 2.32. The van der Waals surface area contributed by atoms with E-state index in [1.807, 2.05) is 0 Å². The van der Waals surface area contributed by atoms with Gasteiger partial charge in [0.1, 0.15) is 11.5 Å². The first-order valence-electron chi connectivity index (χ1n) is 19.7. The Hall–Kier alpha value is -6.22. The van der Waals surface area contributed by atoms with Crippen molar-refractivity contribution in [2.75, 3.05) is 90.4 Å². The quantitative estimate of drug-likeness (QED) is 0.186. The molecule has 330 valence electrons. The largest absolute Gasteiger partial charge is 0.495 e. The first-order valence-corrected chi connectivity index (χ1v) is 22.6. The normalized spacial score (nSPS) is 15.0. The number of anilines is 2. The molecular weight excluding hydrogens is 845 g/mol. The van der Waals surface area contributed by atoms with Crippen molar-refractivity contribution in [3.8, 4) is 22.6 Å². The zero-order valence-corrected chi connectivity index (χ0v) is 36.3. The number of carbonyl (C=O) groups is 4. The number of ether oxygens (including phenoxy) is 4. The van der Waals surface area contributed by atoms with Crippen LogP contribution in [-0.2, 0) is 29.5 Å². The SMILES string of the molecule is CCOC(=O)N1CCN(S(=O)(=O)c2ccc(C(=O)Nc3ccc(-c4ccc(NC(=O)c5ccc(S(=O)(=O)N6CCN(C(=O)OCC)CC6)cc5)c(OC)c4)cc3OC)cc2)CC1. The Morgan fingerprint density at radius 2 is 0.855 bits per heavy atom. The molecule has 4 aromatic carbocycles. The number of methoxy groups -OCH3 is 2. The third-order valence-electron chi connectivity index (χ3n) is 10.3. The van der Waals surface area contributed by atoms with Crippen LogP contribution >= 0.6 is 0 Å². The van der Waals surface area contributed by atoms with E-state index in [1.54, 1.807) is 50.2 Å². The predicted molar refractivity (Wildman–Crippen MR) is 228 cm³/mol. The van der Waals surface area contributed by atoms with Crippen molar-refractivity contribution < 1.29 is 55.0 Å². The van der Waals surface area contributed by atoms with E-state index in [0.29, 0.717) is 34.0 Å². The van der Waals surface area contributed by atoms with E-state index in [-0.39, 0.29) is 86.5 Å². The fourth-order valence-corrected chi connectivity index (χ4v) is 9.69. The third-order valence-corrected chi connectivity index (χ3v) is 14.1. The molecule has 18 nitrogen and oxygen atoms in total. The van der Waals surface area contributed by atoms with E-state index < -0.39 is 44.0 Å². The van der Waals surface area contributed by atoms with Gasteiger partial charge in [0, 0.05) is 63.5 Å². The number of benzene rings is 4. The second-order valence-electron chi connectivity index (χ2n) is 14.0. The topological polar surface area (TPSA) is 210 Å². The summed E-state index contributed by atoms with van der Waals surface area (Å²) in [5.74, 6) is -0.297. The standard InChI is InChI=1S/C42H48N6O12S2/c1-5-59-41(51)45-19-23-47(24-20-45)61(53,54)33-13-7-29(8-14-33)39(49)43-35-17-11-31(27-37(35)57-3)32-12-18-36(38(28-32)58-4)44-40(50)30-9-15-34(16-10-30)62(55,56)48-25-21-46(22-26-48)42(52)60-6-2/h7-18,27-28H,5-6,19-26H2,1-4H3,(H,43,49)(H,44,50). The van der Waals surface area contributed by atoms with Crippen molar-refractivity contribution in [3.63, 3.8) is 0 Å². The molecule has 2 saturated heterocycles. The molecule has 0 radical (unpaired) electrons. The van der Waals surface area contributed by atoms with Crippen molar-refractivity contribution in [2.45, 2.75) is 23.6 Å². The second-order valence-corrected chi connectivity index (χ2v) is 17.8. The van der Waals surface area contributed by atoms with Gasteiger partial charge >= 0.3 is 12.2 Å². The number of hydrogen-bond donors (Lipinski definition) is 2. The minimum Gasteiger partial charge on any atom is -0.495 e. The van der Waals surface area contributed by atoms with Crippen LogP contribution in [0.5, 0.6) is 11.5 Å². The van der Waals surface area contributed by atoms with Gasteiger partial charge in [0.05, 0.1) is 48.6 Å². The van der Waals surface area contributed by atoms with Gasteiger partial charge in [-0.05, 0) is 97.8 Å². The number of sulfonamides is 2. The fraction of sp³-hybridized carbons (Fsp3) is 0.333. The lowest BCUT2D eigenvalue weighted by molar-refractivity contribution is 0.0928. The summed E-state index contributed by atoms with van der Waals surface area (Å²) in [5.41, 5.74) is 2.56. The second kappa shape index (κ2) is 19.7. The Morgan fingerprint density at radius 3 is 1.16 bits per heavy atom. The average Bonchev–Trinajstić information content (AvgIpc) is 3.29. The van der Waals surface area contributed by atoms with Crippen LogP contribution in [0.4, 0.5) is 21.0 Å². The molecule has 0 aliphatic carbocycles. The molecule has 6 rings (SSSR count). The number of piperazine rings is 2. The van der Waals surface area contributed by atoms with E-state index in [2.05, 4.69) is 10.6 Å². The van der Waals surface area contributed by atoms with Crippen LogP contribution in [0.1, 0.15) is 34.6 Å². The highest BCUT2D eigenvalue weighted by molar-refractivity contribution is 7.89. The van der Waals surface area contributed by atoms with Crippen LogP contribution in [0.2, 0.25) is 0 Å². The number of nitrogens with one attached hydrogen (secondary N) is 2. The molecule has 2 fully saturated rings. The van der Waals surface area contributed by atoms with Crippen LogP contribution < -0.4 is 20.1 Å². The minimum absolute atomic E-state index is 0.0183. The molecule has 4 aromatic rings. The lowest BCUT2D eigenvalue weighted by Gasteiger charge is -2.33. The zero-order chi connectivity index (χ0) is 44.6. The maximum Gasteiger partial charge on any atom is 0.409 e. The van der Waals surface area contributed by atoms with Gasteiger partial charge in [-0.15, -0.1) is 0 Å². The lowest BCUT2D eigenvalue weighted by atomic mass is 10.0. The van der Waals surface area contributed by atoms with E-state index in [1.165, 1.54) is 81.2 Å². The van der Waals surface area contributed by atoms with E-state index >= 15 is 0 Å². The summed E-state index contributed by atoms with van der Waals surface area (Å²) in [5, 5.41) is 5.62. The summed E-state index contributed by atoms with van der Waals surface area (Å²) in [7, 11) is -4.82. The highest BCUT2D eigenvalue weighted by atomic mass is 32.2. The number of hydrogen-bond acceptors (Lipinski definition) is 12. The molecule has 0 saturated carbocycles. The van der Waals surface area contributed by atoms with Gasteiger partial charge in [-0.25, -0.2) is 26.4 Å². The van der Waals surface area contributed by atoms with Gasteiger partial charge in [0.25, 0.3) is 11.8 Å². The van der Waals surface area contributed by atoms with Crippen molar-refractivity contribution in [3.05, 3.63) is 96.1 Å². The summed E-state index contributed by atoms with van der Waals surface area (Å²) in [6.45, 7) is 5.13. The average molecular weight is 893 g/mol. The van der Waals surface area contributed by atoms with Crippen molar-refractivity contribution in [1.29, 1.82) is 0 Å². The first kappa shape index (κ1) is 45.3. The summed E-state index contributed by atoms with van der Waals surface area (Å²) >= 11 is 0. The van der Waals surface area contributed by atoms with E-state index in [4.69, 9.17) is 18.9 Å². The van der Waals surface area contributed by atoms with E-state index in [0.717, 1.165) is 0 Å². The predicted octanol–water partition coefficient (Wildman–Crippen LogP) is 4.80. The minimum atomic E-state index is -3.86. The van der Waals surface area contributed by atoms with Gasteiger partial charge in [-0.2, -0.15) is 8.61 Å². The fourth-order valence-electron chi connectivity index (χ4n) is 6.84. The molecular formula is C42H48N6O12S2. The summed E-state index contributed by atoms with van der Waals surface area (Å²) in [6, 6.07) is 21.4. The monoisotopic (exact) mass is 892 g/mol. The molecule has 0 spiro atoms. The first-order chi connectivity index (χ1) is 29.7. The molecule has 0 unspecified atom stereocenters. The zero-order valence-electron chi connectivity index (χ0n) is 34.7. The third kappa shape index (κ3) is 10.1. The lowest BCUT2D eigenvalue weighted by Crippen LogP contribution is -2.50. The Kier molecular flexibility index (Phi) is 14.4. The number of amides is 4. The number of carbonyl (C=O) groups excluding carboxylic acids is 4. The van der Waals surface area contributed by atoms with Gasteiger partial charge in [0.2, 0.25) is 20.0 Å². The molecule has 2 N–H and O–H groups in total. The molecule has 2 heterocycles. The van der Waals surface area contributed by atoms with Gasteiger partial charge in [0.15, 0.2) is 0 Å². The van der Waals surface area contributed by atoms with Gasteiger partial charge in [-0.3, -0.25) is 9.59 Å². The maximum absolute atomic E-state index is 13.3. The number of nitrogens with zero attached hydrogens (tertiary/aromatic N) is 4. The van der Waals surface area contributed by atoms with Crippen LogP contribution in [0.15, 0.2) is 94.7 Å². The van der Waals surface area contributed by atoms with Crippen molar-refractivity contribution in [2.24, 2.45) is 0 Å². The van der Waals surface area contributed by atoms with E-state index in [9.17, 15) is 36.0 Å².